The molecule has 0 bridgehead atoms. The molecule has 118 valence electrons. The lowest BCUT2D eigenvalue weighted by Crippen LogP contribution is -2.24. The zero-order valence-electron chi connectivity index (χ0n) is 13.4. The fourth-order valence-corrected chi connectivity index (χ4v) is 4.19. The van der Waals surface area contributed by atoms with Crippen molar-refractivity contribution in [3.63, 3.8) is 0 Å². The molecule has 0 saturated heterocycles. The number of hydrogen-bond acceptors (Lipinski definition) is 4. The lowest BCUT2D eigenvalue weighted by molar-refractivity contribution is 0.124. The molecule has 3 nitrogen and oxygen atoms in total. The first-order valence-corrected chi connectivity index (χ1v) is 8.84. The van der Waals surface area contributed by atoms with E-state index in [0.29, 0.717) is 6.54 Å². The van der Waals surface area contributed by atoms with Gasteiger partial charge in [-0.15, -0.1) is 11.3 Å². The van der Waals surface area contributed by atoms with Crippen LogP contribution in [-0.2, 0) is 19.4 Å². The van der Waals surface area contributed by atoms with Gasteiger partial charge in [-0.1, -0.05) is 29.8 Å². The van der Waals surface area contributed by atoms with Crippen LogP contribution < -0.4 is 0 Å². The Kier molecular flexibility index (Phi) is 4.91. The first-order valence-electron chi connectivity index (χ1n) is 8.02. The van der Waals surface area contributed by atoms with Crippen molar-refractivity contribution in [2.45, 2.75) is 45.3 Å². The van der Waals surface area contributed by atoms with Crippen molar-refractivity contribution in [3.05, 3.63) is 51.0 Å². The average molecular weight is 316 g/mol. The summed E-state index contributed by atoms with van der Waals surface area (Å²) in [7, 11) is 2.05. The predicted octanol–water partition coefficient (Wildman–Crippen LogP) is 3.50. The molecule has 3 rings (SSSR count). The van der Waals surface area contributed by atoms with Crippen molar-refractivity contribution >= 4 is 11.3 Å². The summed E-state index contributed by atoms with van der Waals surface area (Å²) in [6, 6.07) is 8.12. The Hall–Kier alpha value is -1.23. The Morgan fingerprint density at radius 2 is 1.95 bits per heavy atom. The monoisotopic (exact) mass is 316 g/mol. The Morgan fingerprint density at radius 1 is 1.23 bits per heavy atom. The topological polar surface area (TPSA) is 36.4 Å². The van der Waals surface area contributed by atoms with Crippen LogP contribution in [0.1, 0.15) is 45.7 Å². The molecule has 1 unspecified atom stereocenters. The smallest absolute Gasteiger partial charge is 0.107 e. The SMILES string of the molecule is Cc1ccc(C(O)CN(C)Cc2nc3c(s2)CCCC3)cc1. The zero-order chi connectivity index (χ0) is 15.5. The first kappa shape index (κ1) is 15.7. The summed E-state index contributed by atoms with van der Waals surface area (Å²) in [5.41, 5.74) is 3.52. The lowest BCUT2D eigenvalue weighted by Gasteiger charge is -2.19. The summed E-state index contributed by atoms with van der Waals surface area (Å²) in [6.07, 6.45) is 4.47. The standard InChI is InChI=1S/C18H24N2OS/c1-13-7-9-14(10-8-13)16(21)11-20(2)12-18-19-15-5-3-4-6-17(15)22-18/h7-10,16,21H,3-6,11-12H2,1-2H3. The van der Waals surface area contributed by atoms with E-state index >= 15 is 0 Å². The lowest BCUT2D eigenvalue weighted by atomic mass is 10.0. The predicted molar refractivity (Wildman–Crippen MR) is 91.2 cm³/mol. The number of aromatic nitrogens is 1. The van der Waals surface area contributed by atoms with Crippen molar-refractivity contribution in [1.82, 2.24) is 9.88 Å². The minimum atomic E-state index is -0.444. The summed E-state index contributed by atoms with van der Waals surface area (Å²) in [4.78, 5) is 8.42. The fourth-order valence-electron chi connectivity index (χ4n) is 2.96. The molecule has 22 heavy (non-hydrogen) atoms. The van der Waals surface area contributed by atoms with Crippen molar-refractivity contribution < 1.29 is 5.11 Å². The van der Waals surface area contributed by atoms with Gasteiger partial charge in [0.2, 0.25) is 0 Å². The molecule has 4 heteroatoms. The largest absolute Gasteiger partial charge is 0.387 e. The maximum Gasteiger partial charge on any atom is 0.107 e. The van der Waals surface area contributed by atoms with Crippen LogP contribution in [0, 0.1) is 6.92 Å². The second kappa shape index (κ2) is 6.90. The summed E-state index contributed by atoms with van der Waals surface area (Å²) in [5, 5.41) is 11.5. The van der Waals surface area contributed by atoms with Gasteiger partial charge >= 0.3 is 0 Å². The number of aryl methyl sites for hydroxylation is 3. The molecular formula is C18H24N2OS. The Balaban J connectivity index is 1.58. The van der Waals surface area contributed by atoms with Crippen LogP contribution >= 0.6 is 11.3 Å². The first-order chi connectivity index (χ1) is 10.6. The molecule has 1 atom stereocenters. The number of fused-ring (bicyclic) bond motifs is 1. The highest BCUT2D eigenvalue weighted by atomic mass is 32.1. The molecule has 1 aromatic heterocycles. The Bertz CT molecular complexity index is 597. The van der Waals surface area contributed by atoms with E-state index in [1.165, 1.54) is 40.4 Å². The fraction of sp³-hybridized carbons (Fsp3) is 0.500. The summed E-state index contributed by atoms with van der Waals surface area (Å²) in [5.74, 6) is 0. The maximum absolute atomic E-state index is 10.4. The van der Waals surface area contributed by atoms with Crippen LogP contribution in [0.4, 0.5) is 0 Å². The van der Waals surface area contributed by atoms with Crippen LogP contribution in [0.15, 0.2) is 24.3 Å². The van der Waals surface area contributed by atoms with Gasteiger partial charge in [0.05, 0.1) is 18.3 Å². The van der Waals surface area contributed by atoms with E-state index in [1.54, 1.807) is 0 Å². The van der Waals surface area contributed by atoms with E-state index in [9.17, 15) is 5.11 Å². The third-order valence-electron chi connectivity index (χ3n) is 4.24. The van der Waals surface area contributed by atoms with Crippen molar-refractivity contribution in [3.8, 4) is 0 Å². The number of aliphatic hydroxyl groups excluding tert-OH is 1. The number of likely N-dealkylation sites (N-methyl/N-ethyl adjacent to an activating group) is 1. The second-order valence-corrected chi connectivity index (χ2v) is 7.48. The van der Waals surface area contributed by atoms with Gasteiger partial charge < -0.3 is 5.11 Å². The molecule has 0 aliphatic heterocycles. The van der Waals surface area contributed by atoms with Crippen LogP contribution in [-0.4, -0.2) is 28.6 Å². The molecule has 2 aromatic rings. The van der Waals surface area contributed by atoms with E-state index in [-0.39, 0.29) is 0 Å². The number of hydrogen-bond donors (Lipinski definition) is 1. The molecule has 0 spiro atoms. The molecule has 1 aliphatic carbocycles. The van der Waals surface area contributed by atoms with Gasteiger partial charge in [0, 0.05) is 11.4 Å². The molecule has 1 heterocycles. The van der Waals surface area contributed by atoms with Gasteiger partial charge in [0.15, 0.2) is 0 Å². The van der Waals surface area contributed by atoms with Gasteiger partial charge in [0.1, 0.15) is 5.01 Å². The third-order valence-corrected chi connectivity index (χ3v) is 5.38. The number of thiazole rings is 1. The molecule has 1 aromatic carbocycles. The van der Waals surface area contributed by atoms with Crippen molar-refractivity contribution in [2.75, 3.05) is 13.6 Å². The van der Waals surface area contributed by atoms with Gasteiger partial charge in [-0.2, -0.15) is 0 Å². The van der Waals surface area contributed by atoms with Crippen LogP contribution in [0.5, 0.6) is 0 Å². The van der Waals surface area contributed by atoms with Gasteiger partial charge in [0.25, 0.3) is 0 Å². The summed E-state index contributed by atoms with van der Waals surface area (Å²) in [6.45, 7) is 3.51. The van der Waals surface area contributed by atoms with Crippen LogP contribution in [0.2, 0.25) is 0 Å². The number of aliphatic hydroxyl groups is 1. The summed E-state index contributed by atoms with van der Waals surface area (Å²) < 4.78 is 0. The quantitative estimate of drug-likeness (QED) is 0.917. The Labute approximate surface area is 136 Å². The second-order valence-electron chi connectivity index (χ2n) is 6.31. The number of rotatable bonds is 5. The summed E-state index contributed by atoms with van der Waals surface area (Å²) >= 11 is 1.85. The van der Waals surface area contributed by atoms with Gasteiger partial charge in [-0.25, -0.2) is 4.98 Å². The number of nitrogens with zero attached hydrogens (tertiary/aromatic N) is 2. The van der Waals surface area contributed by atoms with Crippen molar-refractivity contribution in [1.29, 1.82) is 0 Å². The van der Waals surface area contributed by atoms with Gasteiger partial charge in [-0.3, -0.25) is 4.90 Å². The molecule has 0 radical (unpaired) electrons. The highest BCUT2D eigenvalue weighted by Crippen LogP contribution is 2.27. The van der Waals surface area contributed by atoms with E-state index in [1.807, 2.05) is 35.6 Å². The molecular weight excluding hydrogens is 292 g/mol. The highest BCUT2D eigenvalue weighted by molar-refractivity contribution is 7.11. The van der Waals surface area contributed by atoms with E-state index < -0.39 is 6.10 Å². The van der Waals surface area contributed by atoms with Crippen molar-refractivity contribution in [2.24, 2.45) is 0 Å². The normalized spacial score (nSPS) is 15.8. The molecule has 1 N–H and O–H groups in total. The van der Waals surface area contributed by atoms with Crippen LogP contribution in [0.25, 0.3) is 0 Å². The minimum absolute atomic E-state index is 0.444. The number of benzene rings is 1. The van der Waals surface area contributed by atoms with Crippen LogP contribution in [0.3, 0.4) is 0 Å². The maximum atomic E-state index is 10.4. The average Bonchev–Trinajstić information content (AvgIpc) is 2.89. The van der Waals surface area contributed by atoms with E-state index in [4.69, 9.17) is 4.98 Å². The molecule has 1 aliphatic rings. The molecule has 0 fully saturated rings. The van der Waals surface area contributed by atoms with E-state index in [0.717, 1.165) is 18.5 Å². The van der Waals surface area contributed by atoms with E-state index in [2.05, 4.69) is 18.9 Å². The Morgan fingerprint density at radius 3 is 2.68 bits per heavy atom. The molecule has 0 amide bonds. The zero-order valence-corrected chi connectivity index (χ0v) is 14.2. The third kappa shape index (κ3) is 3.75. The highest BCUT2D eigenvalue weighted by Gasteiger charge is 2.17. The molecule has 0 saturated carbocycles. The van der Waals surface area contributed by atoms with Gasteiger partial charge in [-0.05, 0) is 45.2 Å². The minimum Gasteiger partial charge on any atom is -0.387 e.